The monoisotopic (exact) mass is 294 g/mol. The number of likely N-dealkylation sites (N-methyl/N-ethyl adjacent to an activating group) is 1. The molecule has 4 heteroatoms. The Morgan fingerprint density at radius 3 is 2.62 bits per heavy atom. The lowest BCUT2D eigenvalue weighted by molar-refractivity contribution is 0.0123. The van der Waals surface area contributed by atoms with Crippen molar-refractivity contribution in [2.24, 2.45) is 11.7 Å². The molecular formula is C17H34N4. The minimum Gasteiger partial charge on any atom is -0.329 e. The molecule has 3 fully saturated rings. The van der Waals surface area contributed by atoms with E-state index in [1.165, 1.54) is 71.2 Å². The summed E-state index contributed by atoms with van der Waals surface area (Å²) in [6.07, 6.45) is 8.07. The van der Waals surface area contributed by atoms with Crippen LogP contribution >= 0.6 is 0 Å². The molecule has 0 saturated carbocycles. The molecule has 0 aromatic heterocycles. The number of rotatable bonds is 4. The zero-order valence-electron chi connectivity index (χ0n) is 14.1. The SMILES string of the molecule is CN1CCC(CN(C)C2(CN)CCN3CCCC3C2)CC1. The van der Waals surface area contributed by atoms with E-state index in [0.717, 1.165) is 18.5 Å². The lowest BCUT2D eigenvalue weighted by Crippen LogP contribution is -2.60. The maximum absolute atomic E-state index is 6.28. The molecule has 3 saturated heterocycles. The minimum absolute atomic E-state index is 0.273. The van der Waals surface area contributed by atoms with Gasteiger partial charge in [0.1, 0.15) is 0 Å². The van der Waals surface area contributed by atoms with Gasteiger partial charge in [-0.05, 0) is 78.2 Å². The van der Waals surface area contributed by atoms with Crippen molar-refractivity contribution in [3.05, 3.63) is 0 Å². The number of hydrogen-bond acceptors (Lipinski definition) is 4. The molecule has 21 heavy (non-hydrogen) atoms. The Bertz CT molecular complexity index is 340. The third-order valence-electron chi connectivity index (χ3n) is 6.54. The van der Waals surface area contributed by atoms with Crippen LogP contribution in [0.25, 0.3) is 0 Å². The molecule has 0 aliphatic carbocycles. The molecule has 3 heterocycles. The highest BCUT2D eigenvalue weighted by Crippen LogP contribution is 2.36. The van der Waals surface area contributed by atoms with Crippen molar-refractivity contribution in [2.45, 2.75) is 50.1 Å². The summed E-state index contributed by atoms with van der Waals surface area (Å²) in [4.78, 5) is 7.82. The zero-order valence-corrected chi connectivity index (χ0v) is 14.1. The van der Waals surface area contributed by atoms with Gasteiger partial charge in [0.05, 0.1) is 0 Å². The van der Waals surface area contributed by atoms with Crippen molar-refractivity contribution >= 4 is 0 Å². The molecule has 0 aromatic rings. The van der Waals surface area contributed by atoms with E-state index in [-0.39, 0.29) is 5.54 Å². The molecule has 3 aliphatic heterocycles. The van der Waals surface area contributed by atoms with Crippen LogP contribution in [0.5, 0.6) is 0 Å². The fourth-order valence-corrected chi connectivity index (χ4v) is 4.83. The molecule has 3 rings (SSSR count). The number of hydrogen-bond donors (Lipinski definition) is 1. The van der Waals surface area contributed by atoms with Gasteiger partial charge in [-0.2, -0.15) is 0 Å². The van der Waals surface area contributed by atoms with E-state index in [2.05, 4.69) is 28.8 Å². The number of piperidine rings is 2. The number of nitrogens with zero attached hydrogens (tertiary/aromatic N) is 3. The maximum atomic E-state index is 6.28. The van der Waals surface area contributed by atoms with E-state index in [1.54, 1.807) is 0 Å². The Morgan fingerprint density at radius 1 is 1.14 bits per heavy atom. The molecule has 2 N–H and O–H groups in total. The van der Waals surface area contributed by atoms with Crippen LogP contribution in [0.4, 0.5) is 0 Å². The van der Waals surface area contributed by atoms with Crippen LogP contribution in [-0.4, -0.2) is 79.6 Å². The predicted molar refractivity (Wildman–Crippen MR) is 88.5 cm³/mol. The van der Waals surface area contributed by atoms with Gasteiger partial charge in [0, 0.05) is 31.2 Å². The largest absolute Gasteiger partial charge is 0.329 e. The molecule has 0 radical (unpaired) electrons. The lowest BCUT2D eigenvalue weighted by Gasteiger charge is -2.50. The Balaban J connectivity index is 1.59. The van der Waals surface area contributed by atoms with Crippen molar-refractivity contribution in [1.29, 1.82) is 0 Å². The van der Waals surface area contributed by atoms with Gasteiger partial charge in [-0.3, -0.25) is 4.90 Å². The van der Waals surface area contributed by atoms with Crippen molar-refractivity contribution in [3.63, 3.8) is 0 Å². The number of fused-ring (bicyclic) bond motifs is 1. The van der Waals surface area contributed by atoms with Crippen molar-refractivity contribution in [2.75, 3.05) is 53.4 Å². The van der Waals surface area contributed by atoms with Gasteiger partial charge in [0.2, 0.25) is 0 Å². The summed E-state index contributed by atoms with van der Waals surface area (Å²) in [5.41, 5.74) is 6.55. The second-order valence-corrected chi connectivity index (χ2v) is 7.84. The Hall–Kier alpha value is -0.160. The highest BCUT2D eigenvalue weighted by Gasteiger charge is 2.43. The molecule has 2 unspecified atom stereocenters. The standard InChI is InChI=1S/C17H34N4/c1-19-9-5-15(6-10-19)13-20(2)17(14-18)7-11-21-8-3-4-16(21)12-17/h15-16H,3-14,18H2,1-2H3. The lowest BCUT2D eigenvalue weighted by atomic mass is 9.81. The van der Waals surface area contributed by atoms with Gasteiger partial charge >= 0.3 is 0 Å². The van der Waals surface area contributed by atoms with E-state index in [9.17, 15) is 0 Å². The zero-order chi connectivity index (χ0) is 14.9. The molecule has 3 aliphatic rings. The average molecular weight is 294 g/mol. The van der Waals surface area contributed by atoms with Crippen LogP contribution in [0.1, 0.15) is 38.5 Å². The maximum Gasteiger partial charge on any atom is 0.0355 e. The minimum atomic E-state index is 0.273. The van der Waals surface area contributed by atoms with E-state index in [0.29, 0.717) is 0 Å². The Labute approximate surface area is 130 Å². The summed E-state index contributed by atoms with van der Waals surface area (Å²) >= 11 is 0. The Morgan fingerprint density at radius 2 is 1.90 bits per heavy atom. The smallest absolute Gasteiger partial charge is 0.0355 e. The van der Waals surface area contributed by atoms with Gasteiger partial charge < -0.3 is 15.5 Å². The van der Waals surface area contributed by atoms with Crippen LogP contribution in [0.3, 0.4) is 0 Å². The van der Waals surface area contributed by atoms with E-state index >= 15 is 0 Å². The molecular weight excluding hydrogens is 260 g/mol. The van der Waals surface area contributed by atoms with Gasteiger partial charge in [-0.25, -0.2) is 0 Å². The van der Waals surface area contributed by atoms with Crippen LogP contribution in [-0.2, 0) is 0 Å². The van der Waals surface area contributed by atoms with Crippen molar-refractivity contribution in [1.82, 2.24) is 14.7 Å². The summed E-state index contributed by atoms with van der Waals surface area (Å²) in [6, 6.07) is 0.808. The molecule has 2 atom stereocenters. The molecule has 4 nitrogen and oxygen atoms in total. The molecule has 0 spiro atoms. The van der Waals surface area contributed by atoms with Crippen LogP contribution in [0.2, 0.25) is 0 Å². The van der Waals surface area contributed by atoms with Gasteiger partial charge in [-0.1, -0.05) is 0 Å². The fourth-order valence-electron chi connectivity index (χ4n) is 4.83. The van der Waals surface area contributed by atoms with E-state index in [1.807, 2.05) is 0 Å². The van der Waals surface area contributed by atoms with Crippen LogP contribution in [0.15, 0.2) is 0 Å². The normalized spacial score (nSPS) is 36.3. The van der Waals surface area contributed by atoms with Crippen molar-refractivity contribution < 1.29 is 0 Å². The second-order valence-electron chi connectivity index (χ2n) is 7.84. The quantitative estimate of drug-likeness (QED) is 0.845. The first-order valence-electron chi connectivity index (χ1n) is 8.97. The molecule has 0 aromatic carbocycles. The topological polar surface area (TPSA) is 35.7 Å². The fraction of sp³-hybridized carbons (Fsp3) is 1.00. The summed E-state index contributed by atoms with van der Waals surface area (Å²) in [6.45, 7) is 7.21. The van der Waals surface area contributed by atoms with Crippen LogP contribution in [0, 0.1) is 5.92 Å². The van der Waals surface area contributed by atoms with E-state index in [4.69, 9.17) is 5.73 Å². The van der Waals surface area contributed by atoms with Crippen LogP contribution < -0.4 is 5.73 Å². The predicted octanol–water partition coefficient (Wildman–Crippen LogP) is 1.22. The number of likely N-dealkylation sites (tertiary alicyclic amines) is 1. The summed E-state index contributed by atoms with van der Waals surface area (Å²) < 4.78 is 0. The van der Waals surface area contributed by atoms with E-state index < -0.39 is 0 Å². The molecule has 122 valence electrons. The van der Waals surface area contributed by atoms with Gasteiger partial charge in [-0.15, -0.1) is 0 Å². The first-order chi connectivity index (χ1) is 10.1. The van der Waals surface area contributed by atoms with Gasteiger partial charge in [0.15, 0.2) is 0 Å². The highest BCUT2D eigenvalue weighted by molar-refractivity contribution is 5.01. The average Bonchev–Trinajstić information content (AvgIpc) is 2.96. The number of nitrogens with two attached hydrogens (primary N) is 1. The summed E-state index contributed by atoms with van der Waals surface area (Å²) in [5, 5.41) is 0. The molecule has 0 bridgehead atoms. The van der Waals surface area contributed by atoms with Crippen molar-refractivity contribution in [3.8, 4) is 0 Å². The summed E-state index contributed by atoms with van der Waals surface area (Å²) in [5.74, 6) is 0.872. The summed E-state index contributed by atoms with van der Waals surface area (Å²) in [7, 11) is 4.59. The first-order valence-corrected chi connectivity index (χ1v) is 8.97. The highest BCUT2D eigenvalue weighted by atomic mass is 15.3. The first kappa shape index (κ1) is 15.7. The Kier molecular flexibility index (Phi) is 4.89. The third kappa shape index (κ3) is 3.29. The van der Waals surface area contributed by atoms with Gasteiger partial charge in [0.25, 0.3) is 0 Å². The third-order valence-corrected chi connectivity index (χ3v) is 6.54. The second kappa shape index (κ2) is 6.53. The molecule has 0 amide bonds.